The lowest BCUT2D eigenvalue weighted by Crippen LogP contribution is -2.28. The normalized spacial score (nSPS) is 16.2. The van der Waals surface area contributed by atoms with Crippen molar-refractivity contribution < 1.29 is 18.7 Å². The molecule has 1 aliphatic rings. The van der Waals surface area contributed by atoms with Gasteiger partial charge in [0.25, 0.3) is 0 Å². The largest absolute Gasteiger partial charge is 0.461 e. The summed E-state index contributed by atoms with van der Waals surface area (Å²) in [5.74, 6) is -0.935. The van der Waals surface area contributed by atoms with Crippen LogP contribution >= 0.6 is 0 Å². The summed E-state index contributed by atoms with van der Waals surface area (Å²) in [5.41, 5.74) is 2.71. The lowest BCUT2D eigenvalue weighted by molar-refractivity contribution is -0.149. The first-order chi connectivity index (χ1) is 14.5. The first-order valence-electron chi connectivity index (χ1n) is 10.0. The Balaban J connectivity index is 1.37. The van der Waals surface area contributed by atoms with E-state index >= 15 is 0 Å². The van der Waals surface area contributed by atoms with Crippen LogP contribution in [0.2, 0.25) is 0 Å². The van der Waals surface area contributed by atoms with E-state index in [9.17, 15) is 14.4 Å². The summed E-state index contributed by atoms with van der Waals surface area (Å²) in [6.07, 6.45) is 0.907. The third-order valence-corrected chi connectivity index (χ3v) is 5.42. The molecule has 0 N–H and O–H groups in total. The number of carbonyl (C=O) groups excluding carboxylic acids is 2. The van der Waals surface area contributed by atoms with Crippen molar-refractivity contribution in [2.24, 2.45) is 5.92 Å². The molecule has 0 radical (unpaired) electrons. The molecule has 6 heteroatoms. The fourth-order valence-corrected chi connectivity index (χ4v) is 3.78. The number of aryl methyl sites for hydroxylation is 1. The minimum absolute atomic E-state index is 0.0291. The van der Waals surface area contributed by atoms with Crippen LogP contribution < -0.4 is 5.63 Å². The molecule has 1 saturated heterocycles. The highest BCUT2D eigenvalue weighted by molar-refractivity contribution is 5.87. The number of hydrogen-bond donors (Lipinski definition) is 0. The van der Waals surface area contributed by atoms with E-state index in [1.54, 1.807) is 11.0 Å². The predicted octanol–water partition coefficient (Wildman–Crippen LogP) is 3.24. The zero-order valence-electron chi connectivity index (χ0n) is 16.8. The third kappa shape index (κ3) is 4.43. The molecule has 1 fully saturated rings. The monoisotopic (exact) mass is 405 g/mol. The molecule has 6 nitrogen and oxygen atoms in total. The van der Waals surface area contributed by atoms with Crippen LogP contribution in [-0.4, -0.2) is 29.9 Å². The molecule has 4 rings (SSSR count). The second-order valence-electron chi connectivity index (χ2n) is 7.67. The van der Waals surface area contributed by atoms with Gasteiger partial charge in [0.05, 0.1) is 5.92 Å². The standard InChI is InChI=1S/C24H23NO5/c1-16-7-8-20-19(13-23(27)30-21(20)11-16)15-29-24(28)18-12-22(26)25(14-18)10-9-17-5-3-2-4-6-17/h2-8,11,13,18H,9-10,12,14-15H2,1H3/t18-/m1/s1. The minimum Gasteiger partial charge on any atom is -0.461 e. The van der Waals surface area contributed by atoms with Gasteiger partial charge in [0.2, 0.25) is 5.91 Å². The molecule has 154 valence electrons. The summed E-state index contributed by atoms with van der Waals surface area (Å²) in [6.45, 7) is 2.82. The van der Waals surface area contributed by atoms with E-state index in [4.69, 9.17) is 9.15 Å². The Morgan fingerprint density at radius 3 is 2.73 bits per heavy atom. The summed E-state index contributed by atoms with van der Waals surface area (Å²) in [5, 5.41) is 0.736. The first kappa shape index (κ1) is 19.9. The summed E-state index contributed by atoms with van der Waals surface area (Å²) < 4.78 is 10.7. The number of likely N-dealkylation sites (tertiary alicyclic amines) is 1. The van der Waals surface area contributed by atoms with Gasteiger partial charge in [0.1, 0.15) is 12.2 Å². The number of fused-ring (bicyclic) bond motifs is 1. The van der Waals surface area contributed by atoms with Crippen molar-refractivity contribution in [3.63, 3.8) is 0 Å². The Morgan fingerprint density at radius 2 is 1.93 bits per heavy atom. The predicted molar refractivity (Wildman–Crippen MR) is 112 cm³/mol. The van der Waals surface area contributed by atoms with Crippen LogP contribution in [0, 0.1) is 12.8 Å². The molecule has 2 heterocycles. The molecule has 1 aromatic heterocycles. The molecule has 1 atom stereocenters. The van der Waals surface area contributed by atoms with Crippen LogP contribution in [0.15, 0.2) is 63.8 Å². The molecule has 0 saturated carbocycles. The van der Waals surface area contributed by atoms with Gasteiger partial charge in [-0.3, -0.25) is 9.59 Å². The molecule has 1 aliphatic heterocycles. The first-order valence-corrected chi connectivity index (χ1v) is 10.0. The van der Waals surface area contributed by atoms with Gasteiger partial charge in [0, 0.05) is 36.5 Å². The fraction of sp³-hybridized carbons (Fsp3) is 0.292. The molecule has 0 aliphatic carbocycles. The van der Waals surface area contributed by atoms with Crippen LogP contribution in [0.1, 0.15) is 23.1 Å². The van der Waals surface area contributed by atoms with Crippen molar-refractivity contribution in [2.75, 3.05) is 13.1 Å². The summed E-state index contributed by atoms with van der Waals surface area (Å²) in [4.78, 5) is 38.4. The van der Waals surface area contributed by atoms with Gasteiger partial charge in [-0.05, 0) is 30.5 Å². The second kappa shape index (κ2) is 8.53. The van der Waals surface area contributed by atoms with Crippen LogP contribution in [0.25, 0.3) is 11.0 Å². The molecule has 1 amide bonds. The van der Waals surface area contributed by atoms with E-state index in [2.05, 4.69) is 0 Å². The average molecular weight is 405 g/mol. The highest BCUT2D eigenvalue weighted by Gasteiger charge is 2.35. The fourth-order valence-electron chi connectivity index (χ4n) is 3.78. The smallest absolute Gasteiger partial charge is 0.336 e. The SMILES string of the molecule is Cc1ccc2c(COC(=O)[C@@H]3CC(=O)N(CCc4ccccc4)C3)cc(=O)oc2c1. The maximum atomic E-state index is 12.6. The second-order valence-corrected chi connectivity index (χ2v) is 7.67. The average Bonchev–Trinajstić information content (AvgIpc) is 3.11. The maximum Gasteiger partial charge on any atom is 0.336 e. The lowest BCUT2D eigenvalue weighted by atomic mass is 10.1. The summed E-state index contributed by atoms with van der Waals surface area (Å²) in [7, 11) is 0. The quantitative estimate of drug-likeness (QED) is 0.465. The number of esters is 1. The number of ether oxygens (including phenoxy) is 1. The zero-order valence-corrected chi connectivity index (χ0v) is 16.8. The number of benzene rings is 2. The molecule has 0 bridgehead atoms. The van der Waals surface area contributed by atoms with Crippen molar-refractivity contribution in [3.05, 3.63) is 81.7 Å². The highest BCUT2D eigenvalue weighted by Crippen LogP contribution is 2.22. The molecule has 0 spiro atoms. The Labute approximate surface area is 174 Å². The lowest BCUT2D eigenvalue weighted by Gasteiger charge is -2.16. The van der Waals surface area contributed by atoms with E-state index in [1.807, 2.05) is 49.4 Å². The Bertz CT molecular complexity index is 1140. The van der Waals surface area contributed by atoms with Gasteiger partial charge in [-0.15, -0.1) is 0 Å². The van der Waals surface area contributed by atoms with Gasteiger partial charge in [-0.1, -0.05) is 42.5 Å². The molecule has 30 heavy (non-hydrogen) atoms. The van der Waals surface area contributed by atoms with Gasteiger partial charge >= 0.3 is 11.6 Å². The molecule has 2 aromatic carbocycles. The van der Waals surface area contributed by atoms with Crippen LogP contribution in [-0.2, 0) is 27.4 Å². The number of hydrogen-bond acceptors (Lipinski definition) is 5. The van der Waals surface area contributed by atoms with E-state index in [0.717, 1.165) is 22.9 Å². The maximum absolute atomic E-state index is 12.6. The van der Waals surface area contributed by atoms with E-state index < -0.39 is 17.5 Å². The molecular formula is C24H23NO5. The molecule has 0 unspecified atom stereocenters. The van der Waals surface area contributed by atoms with Crippen LogP contribution in [0.5, 0.6) is 0 Å². The number of nitrogens with zero attached hydrogens (tertiary/aromatic N) is 1. The van der Waals surface area contributed by atoms with Gasteiger partial charge < -0.3 is 14.1 Å². The number of carbonyl (C=O) groups is 2. The van der Waals surface area contributed by atoms with Crippen LogP contribution in [0.3, 0.4) is 0 Å². The van der Waals surface area contributed by atoms with Gasteiger partial charge in [-0.25, -0.2) is 4.79 Å². The van der Waals surface area contributed by atoms with Crippen molar-refractivity contribution >= 4 is 22.8 Å². The van der Waals surface area contributed by atoms with Crippen molar-refractivity contribution in [3.8, 4) is 0 Å². The van der Waals surface area contributed by atoms with E-state index in [-0.39, 0.29) is 18.9 Å². The zero-order chi connectivity index (χ0) is 21.1. The summed E-state index contributed by atoms with van der Waals surface area (Å²) in [6, 6.07) is 16.8. The molecular weight excluding hydrogens is 382 g/mol. The molecule has 3 aromatic rings. The minimum atomic E-state index is -0.484. The number of amides is 1. The Morgan fingerprint density at radius 1 is 1.13 bits per heavy atom. The van der Waals surface area contributed by atoms with E-state index in [0.29, 0.717) is 24.2 Å². The van der Waals surface area contributed by atoms with Crippen LogP contribution in [0.4, 0.5) is 0 Å². The van der Waals surface area contributed by atoms with Gasteiger partial charge in [0.15, 0.2) is 0 Å². The van der Waals surface area contributed by atoms with Crippen molar-refractivity contribution in [2.45, 2.75) is 26.4 Å². The van der Waals surface area contributed by atoms with E-state index in [1.165, 1.54) is 6.07 Å². The van der Waals surface area contributed by atoms with Crippen molar-refractivity contribution in [1.29, 1.82) is 0 Å². The topological polar surface area (TPSA) is 76.8 Å². The van der Waals surface area contributed by atoms with Crippen molar-refractivity contribution in [1.82, 2.24) is 4.90 Å². The Kier molecular flexibility index (Phi) is 5.65. The third-order valence-electron chi connectivity index (χ3n) is 5.42. The Hall–Kier alpha value is -3.41. The van der Waals surface area contributed by atoms with Gasteiger partial charge in [-0.2, -0.15) is 0 Å². The highest BCUT2D eigenvalue weighted by atomic mass is 16.5. The number of rotatable bonds is 6. The summed E-state index contributed by atoms with van der Waals surface area (Å²) >= 11 is 0.